The standard InChI is InChI=1S/C17H31NO2/c1-16(2)5-4-15(20-16)11-17(12-18-6-7-19-3)9-13-8-14(13)10-17/h13-15,18H,4-12H2,1-3H3. The number of fused-ring (bicyclic) bond motifs is 1. The van der Waals surface area contributed by atoms with Crippen molar-refractivity contribution < 1.29 is 9.47 Å². The molecule has 0 bridgehead atoms. The molecule has 116 valence electrons. The van der Waals surface area contributed by atoms with E-state index in [0.717, 1.165) is 31.5 Å². The zero-order valence-electron chi connectivity index (χ0n) is 13.4. The number of rotatable bonds is 7. The molecule has 2 saturated carbocycles. The molecule has 2 aliphatic carbocycles. The van der Waals surface area contributed by atoms with Crippen LogP contribution in [0.5, 0.6) is 0 Å². The summed E-state index contributed by atoms with van der Waals surface area (Å²) in [5.41, 5.74) is 0.614. The molecule has 3 aliphatic rings. The minimum absolute atomic E-state index is 0.108. The van der Waals surface area contributed by atoms with Crippen LogP contribution in [-0.2, 0) is 9.47 Å². The lowest BCUT2D eigenvalue weighted by molar-refractivity contribution is -0.0366. The predicted molar refractivity (Wildman–Crippen MR) is 80.8 cm³/mol. The predicted octanol–water partition coefficient (Wildman–Crippen LogP) is 2.99. The van der Waals surface area contributed by atoms with Crippen molar-refractivity contribution in [3.63, 3.8) is 0 Å². The van der Waals surface area contributed by atoms with Gasteiger partial charge in [-0.3, -0.25) is 0 Å². The van der Waals surface area contributed by atoms with Crippen molar-refractivity contribution >= 4 is 0 Å². The van der Waals surface area contributed by atoms with Crippen molar-refractivity contribution in [3.05, 3.63) is 0 Å². The second-order valence-electron chi connectivity index (χ2n) is 8.08. The van der Waals surface area contributed by atoms with Crippen LogP contribution in [0.4, 0.5) is 0 Å². The van der Waals surface area contributed by atoms with Gasteiger partial charge in [0.15, 0.2) is 0 Å². The van der Waals surface area contributed by atoms with Gasteiger partial charge >= 0.3 is 0 Å². The van der Waals surface area contributed by atoms with E-state index >= 15 is 0 Å². The Hall–Kier alpha value is -0.120. The lowest BCUT2D eigenvalue weighted by Crippen LogP contribution is -2.38. The molecule has 0 radical (unpaired) electrons. The topological polar surface area (TPSA) is 30.5 Å². The van der Waals surface area contributed by atoms with Crippen LogP contribution in [-0.4, -0.2) is 38.5 Å². The van der Waals surface area contributed by atoms with Gasteiger partial charge in [0, 0.05) is 20.2 Å². The fourth-order valence-electron chi connectivity index (χ4n) is 4.62. The third-order valence-electron chi connectivity index (χ3n) is 5.66. The molecule has 0 amide bonds. The molecule has 3 heteroatoms. The van der Waals surface area contributed by atoms with E-state index in [1.54, 1.807) is 7.11 Å². The van der Waals surface area contributed by atoms with E-state index in [1.165, 1.54) is 38.5 Å². The highest BCUT2D eigenvalue weighted by Crippen LogP contribution is 2.61. The van der Waals surface area contributed by atoms with Gasteiger partial charge in [-0.25, -0.2) is 0 Å². The molecule has 3 fully saturated rings. The quantitative estimate of drug-likeness (QED) is 0.728. The summed E-state index contributed by atoms with van der Waals surface area (Å²) in [6.07, 6.45) is 8.59. The molecule has 0 aromatic rings. The Balaban J connectivity index is 1.53. The van der Waals surface area contributed by atoms with E-state index in [1.807, 2.05) is 0 Å². The zero-order valence-corrected chi connectivity index (χ0v) is 13.4. The first-order valence-corrected chi connectivity index (χ1v) is 8.39. The smallest absolute Gasteiger partial charge is 0.0631 e. The second-order valence-corrected chi connectivity index (χ2v) is 8.08. The van der Waals surface area contributed by atoms with Crippen LogP contribution < -0.4 is 5.32 Å². The van der Waals surface area contributed by atoms with Crippen molar-refractivity contribution in [2.45, 2.75) is 64.1 Å². The number of ether oxygens (including phenoxy) is 2. The maximum atomic E-state index is 6.26. The maximum Gasteiger partial charge on any atom is 0.0631 e. The lowest BCUT2D eigenvalue weighted by atomic mass is 9.77. The van der Waals surface area contributed by atoms with E-state index in [-0.39, 0.29) is 5.60 Å². The number of nitrogens with one attached hydrogen (secondary N) is 1. The average Bonchev–Trinajstić information content (AvgIpc) is 2.85. The van der Waals surface area contributed by atoms with E-state index in [4.69, 9.17) is 9.47 Å². The molecule has 0 aromatic carbocycles. The fourth-order valence-corrected chi connectivity index (χ4v) is 4.62. The van der Waals surface area contributed by atoms with Gasteiger partial charge in [-0.2, -0.15) is 0 Å². The first-order valence-electron chi connectivity index (χ1n) is 8.39. The van der Waals surface area contributed by atoms with Gasteiger partial charge in [-0.05, 0) is 69.6 Å². The lowest BCUT2D eigenvalue weighted by Gasteiger charge is -2.34. The summed E-state index contributed by atoms with van der Waals surface area (Å²) in [5.74, 6) is 2.07. The van der Waals surface area contributed by atoms with Gasteiger partial charge in [-0.1, -0.05) is 0 Å². The van der Waals surface area contributed by atoms with E-state index < -0.39 is 0 Å². The Labute approximate surface area is 123 Å². The molecule has 3 unspecified atom stereocenters. The highest BCUT2D eigenvalue weighted by Gasteiger charge is 2.54. The number of hydrogen-bond acceptors (Lipinski definition) is 3. The molecule has 1 heterocycles. The van der Waals surface area contributed by atoms with Crippen molar-refractivity contribution in [3.8, 4) is 0 Å². The van der Waals surface area contributed by atoms with Crippen molar-refractivity contribution in [1.82, 2.24) is 5.32 Å². The summed E-state index contributed by atoms with van der Waals surface area (Å²) in [6.45, 7) is 7.43. The van der Waals surface area contributed by atoms with Gasteiger partial charge in [0.2, 0.25) is 0 Å². The maximum absolute atomic E-state index is 6.26. The fraction of sp³-hybridized carbons (Fsp3) is 1.00. The Morgan fingerprint density at radius 2 is 2.00 bits per heavy atom. The SMILES string of the molecule is COCCNCC1(CC2CCC(C)(C)O2)CC2CC2C1. The van der Waals surface area contributed by atoms with Crippen molar-refractivity contribution in [2.75, 3.05) is 26.8 Å². The van der Waals surface area contributed by atoms with Crippen LogP contribution in [0.1, 0.15) is 52.4 Å². The second kappa shape index (κ2) is 5.58. The van der Waals surface area contributed by atoms with E-state index in [0.29, 0.717) is 11.5 Å². The van der Waals surface area contributed by atoms with Crippen LogP contribution in [0.2, 0.25) is 0 Å². The summed E-state index contributed by atoms with van der Waals surface area (Å²) in [4.78, 5) is 0. The first kappa shape index (κ1) is 14.8. The van der Waals surface area contributed by atoms with Gasteiger partial charge in [0.1, 0.15) is 0 Å². The highest BCUT2D eigenvalue weighted by atomic mass is 16.5. The molecule has 1 N–H and O–H groups in total. The minimum atomic E-state index is 0.108. The van der Waals surface area contributed by atoms with Crippen LogP contribution >= 0.6 is 0 Å². The average molecular weight is 281 g/mol. The highest BCUT2D eigenvalue weighted by molar-refractivity contribution is 5.05. The summed E-state index contributed by atoms with van der Waals surface area (Å²) < 4.78 is 11.4. The molecule has 1 saturated heterocycles. The monoisotopic (exact) mass is 281 g/mol. The molecule has 3 rings (SSSR count). The summed E-state index contributed by atoms with van der Waals surface area (Å²) >= 11 is 0. The third-order valence-corrected chi connectivity index (χ3v) is 5.66. The Bertz CT molecular complexity index is 332. The summed E-state index contributed by atoms with van der Waals surface area (Å²) in [5, 5.41) is 3.62. The molecule has 0 spiro atoms. The van der Waals surface area contributed by atoms with Gasteiger partial charge in [-0.15, -0.1) is 0 Å². The van der Waals surface area contributed by atoms with Crippen LogP contribution in [0.15, 0.2) is 0 Å². The Morgan fingerprint density at radius 3 is 2.60 bits per heavy atom. The summed E-state index contributed by atoms with van der Waals surface area (Å²) in [7, 11) is 1.77. The molecular weight excluding hydrogens is 250 g/mol. The van der Waals surface area contributed by atoms with Gasteiger partial charge in [0.25, 0.3) is 0 Å². The molecule has 20 heavy (non-hydrogen) atoms. The van der Waals surface area contributed by atoms with Gasteiger partial charge < -0.3 is 14.8 Å². The number of hydrogen-bond donors (Lipinski definition) is 1. The van der Waals surface area contributed by atoms with Crippen LogP contribution in [0.25, 0.3) is 0 Å². The molecule has 3 atom stereocenters. The zero-order chi connectivity index (χ0) is 14.2. The van der Waals surface area contributed by atoms with Crippen molar-refractivity contribution in [2.24, 2.45) is 17.3 Å². The molecular formula is C17H31NO2. The Morgan fingerprint density at radius 1 is 1.25 bits per heavy atom. The Kier molecular flexibility index (Phi) is 4.13. The largest absolute Gasteiger partial charge is 0.383 e. The molecule has 1 aliphatic heterocycles. The third kappa shape index (κ3) is 3.37. The number of methoxy groups -OCH3 is 1. The normalized spacial score (nSPS) is 41.9. The first-order chi connectivity index (χ1) is 9.52. The van der Waals surface area contributed by atoms with Crippen LogP contribution in [0, 0.1) is 17.3 Å². The van der Waals surface area contributed by atoms with Crippen LogP contribution in [0.3, 0.4) is 0 Å². The minimum Gasteiger partial charge on any atom is -0.383 e. The molecule has 3 nitrogen and oxygen atoms in total. The summed E-state index contributed by atoms with van der Waals surface area (Å²) in [6, 6.07) is 0. The van der Waals surface area contributed by atoms with Crippen molar-refractivity contribution in [1.29, 1.82) is 0 Å². The molecule has 0 aromatic heterocycles. The van der Waals surface area contributed by atoms with E-state index in [2.05, 4.69) is 19.2 Å². The van der Waals surface area contributed by atoms with E-state index in [9.17, 15) is 0 Å². The van der Waals surface area contributed by atoms with Gasteiger partial charge in [0.05, 0.1) is 18.3 Å².